The van der Waals surface area contributed by atoms with Crippen LogP contribution in [-0.2, 0) is 19.9 Å². The molecule has 1 unspecified atom stereocenters. The lowest BCUT2D eigenvalue weighted by Gasteiger charge is -2.29. The molecular formula is C28H35BN5+. The van der Waals surface area contributed by atoms with Gasteiger partial charge in [-0.2, -0.15) is 0 Å². The Labute approximate surface area is 204 Å². The SMILES string of the molecule is CB1N(c2ccccc2CCc2ccccc2N2C=CN(C)C2C)CCN1c1cccc[n+]1C. The van der Waals surface area contributed by atoms with E-state index in [-0.39, 0.29) is 0 Å². The number of hydrogen-bond donors (Lipinski definition) is 0. The zero-order valence-corrected chi connectivity index (χ0v) is 20.8. The molecule has 0 radical (unpaired) electrons. The molecule has 1 fully saturated rings. The average molecular weight is 452 g/mol. The van der Waals surface area contributed by atoms with Crippen molar-refractivity contribution < 1.29 is 4.57 Å². The Balaban J connectivity index is 1.36. The lowest BCUT2D eigenvalue weighted by Crippen LogP contribution is -2.47. The third-order valence-electron chi connectivity index (χ3n) is 7.49. The Morgan fingerprint density at radius 2 is 1.44 bits per heavy atom. The standard InChI is InChI=1S/C28H35BN5/c1-23-30(3)19-20-32(23)26-13-7-5-11-24(26)16-17-25-12-6-8-14-27(25)33-21-22-34(29(33)2)28-15-9-10-18-31(28)4/h5-15,18-20,23H,16-17,21-22H2,1-4H3/q+1. The van der Waals surface area contributed by atoms with Gasteiger partial charge in [0.25, 0.3) is 5.82 Å². The highest BCUT2D eigenvalue weighted by atomic mass is 15.4. The van der Waals surface area contributed by atoms with Gasteiger partial charge in [0.1, 0.15) is 6.17 Å². The van der Waals surface area contributed by atoms with Crippen LogP contribution in [-0.4, -0.2) is 38.2 Å². The molecule has 1 aromatic heterocycles. The molecule has 2 aliphatic heterocycles. The van der Waals surface area contributed by atoms with E-state index in [4.69, 9.17) is 0 Å². The molecule has 5 rings (SSSR count). The van der Waals surface area contributed by atoms with Gasteiger partial charge >= 0.3 is 6.98 Å². The molecule has 3 heterocycles. The van der Waals surface area contributed by atoms with Crippen LogP contribution < -0.4 is 19.1 Å². The number of para-hydroxylation sites is 2. The first-order chi connectivity index (χ1) is 16.5. The molecule has 174 valence electrons. The molecular weight excluding hydrogens is 417 g/mol. The molecule has 6 heteroatoms. The van der Waals surface area contributed by atoms with Crippen LogP contribution in [0.3, 0.4) is 0 Å². The molecule has 0 amide bonds. The van der Waals surface area contributed by atoms with Gasteiger partial charge in [0.15, 0.2) is 0 Å². The lowest BCUT2D eigenvalue weighted by atomic mass is 9.76. The van der Waals surface area contributed by atoms with Crippen LogP contribution in [0.15, 0.2) is 85.3 Å². The fourth-order valence-corrected chi connectivity index (χ4v) is 5.35. The van der Waals surface area contributed by atoms with Crippen LogP contribution in [0, 0.1) is 0 Å². The molecule has 0 spiro atoms. The van der Waals surface area contributed by atoms with Crippen molar-refractivity contribution in [3.05, 3.63) is 96.5 Å². The second kappa shape index (κ2) is 9.45. The number of rotatable bonds is 6. The minimum absolute atomic E-state index is 0.313. The van der Waals surface area contributed by atoms with Gasteiger partial charge in [0, 0.05) is 43.4 Å². The van der Waals surface area contributed by atoms with Crippen LogP contribution >= 0.6 is 0 Å². The maximum absolute atomic E-state index is 2.56. The normalized spacial score (nSPS) is 17.9. The summed E-state index contributed by atoms with van der Waals surface area (Å²) in [5.41, 5.74) is 5.50. The van der Waals surface area contributed by atoms with Crippen molar-refractivity contribution in [1.82, 2.24) is 4.90 Å². The van der Waals surface area contributed by atoms with Gasteiger partial charge in [-0.05, 0) is 55.9 Å². The van der Waals surface area contributed by atoms with Gasteiger partial charge in [-0.1, -0.05) is 42.5 Å². The van der Waals surface area contributed by atoms with E-state index in [1.165, 1.54) is 28.3 Å². The van der Waals surface area contributed by atoms with E-state index in [0.717, 1.165) is 25.9 Å². The van der Waals surface area contributed by atoms with Gasteiger partial charge in [-0.3, -0.25) is 0 Å². The Morgan fingerprint density at radius 1 is 0.824 bits per heavy atom. The number of pyridine rings is 1. The average Bonchev–Trinajstić information content (AvgIpc) is 3.40. The van der Waals surface area contributed by atoms with Crippen LogP contribution in [0.4, 0.5) is 17.2 Å². The number of benzene rings is 2. The summed E-state index contributed by atoms with van der Waals surface area (Å²) in [6.07, 6.45) is 8.87. The van der Waals surface area contributed by atoms with Crippen molar-refractivity contribution >= 4 is 24.2 Å². The molecule has 2 aliphatic rings. The highest BCUT2D eigenvalue weighted by Gasteiger charge is 2.41. The minimum Gasteiger partial charge on any atom is -0.371 e. The van der Waals surface area contributed by atoms with E-state index >= 15 is 0 Å². The Kier molecular flexibility index (Phi) is 6.23. The number of anilines is 3. The summed E-state index contributed by atoms with van der Waals surface area (Å²) in [6, 6.07) is 24.2. The van der Waals surface area contributed by atoms with E-state index in [1.54, 1.807) is 0 Å². The topological polar surface area (TPSA) is 16.8 Å². The molecule has 0 aliphatic carbocycles. The van der Waals surface area contributed by atoms with Gasteiger partial charge in [-0.15, -0.1) is 0 Å². The molecule has 1 atom stereocenters. The van der Waals surface area contributed by atoms with Crippen LogP contribution in [0.1, 0.15) is 18.1 Å². The van der Waals surface area contributed by atoms with E-state index < -0.39 is 0 Å². The molecule has 0 saturated carbocycles. The molecule has 2 aromatic carbocycles. The molecule has 34 heavy (non-hydrogen) atoms. The molecule has 1 saturated heterocycles. The van der Waals surface area contributed by atoms with Crippen molar-refractivity contribution in [1.29, 1.82) is 0 Å². The summed E-state index contributed by atoms with van der Waals surface area (Å²) in [5.74, 6) is 1.27. The maximum atomic E-state index is 2.56. The first kappa shape index (κ1) is 22.4. The van der Waals surface area contributed by atoms with Crippen molar-refractivity contribution in [3.8, 4) is 0 Å². The highest BCUT2D eigenvalue weighted by Crippen LogP contribution is 2.31. The maximum Gasteiger partial charge on any atom is 0.493 e. The Hall–Kier alpha value is -3.41. The third-order valence-corrected chi connectivity index (χ3v) is 7.49. The summed E-state index contributed by atoms with van der Waals surface area (Å²) in [6.45, 7) is 6.95. The summed E-state index contributed by atoms with van der Waals surface area (Å²) in [7, 11) is 4.26. The predicted octanol–water partition coefficient (Wildman–Crippen LogP) is 4.31. The number of hydrogen-bond acceptors (Lipinski definition) is 4. The lowest BCUT2D eigenvalue weighted by molar-refractivity contribution is -0.658. The molecule has 5 nitrogen and oxygen atoms in total. The summed E-state index contributed by atoms with van der Waals surface area (Å²) < 4.78 is 2.22. The number of aryl methyl sites for hydroxylation is 3. The monoisotopic (exact) mass is 452 g/mol. The van der Waals surface area contributed by atoms with Crippen molar-refractivity contribution in [3.63, 3.8) is 0 Å². The van der Waals surface area contributed by atoms with Gasteiger partial charge < -0.3 is 19.4 Å². The fraction of sp³-hybridized carbons (Fsp3) is 0.321. The summed E-state index contributed by atoms with van der Waals surface area (Å²) in [5, 5.41) is 0. The van der Waals surface area contributed by atoms with Crippen LogP contribution in [0.5, 0.6) is 0 Å². The first-order valence-corrected chi connectivity index (χ1v) is 12.4. The van der Waals surface area contributed by atoms with Crippen molar-refractivity contribution in [2.45, 2.75) is 32.8 Å². The van der Waals surface area contributed by atoms with Crippen molar-refractivity contribution in [2.75, 3.05) is 34.7 Å². The largest absolute Gasteiger partial charge is 0.493 e. The fourth-order valence-electron chi connectivity index (χ4n) is 5.35. The molecule has 3 aromatic rings. The second-order valence-corrected chi connectivity index (χ2v) is 9.45. The quantitative estimate of drug-likeness (QED) is 0.409. The Morgan fingerprint density at radius 3 is 2.12 bits per heavy atom. The zero-order chi connectivity index (χ0) is 23.7. The first-order valence-electron chi connectivity index (χ1n) is 12.4. The van der Waals surface area contributed by atoms with E-state index in [1.807, 2.05) is 0 Å². The second-order valence-electron chi connectivity index (χ2n) is 9.45. The molecule has 0 N–H and O–H groups in total. The van der Waals surface area contributed by atoms with E-state index in [0.29, 0.717) is 13.1 Å². The van der Waals surface area contributed by atoms with Gasteiger partial charge in [-0.25, -0.2) is 4.57 Å². The summed E-state index contributed by atoms with van der Waals surface area (Å²) in [4.78, 5) is 9.69. The number of aromatic nitrogens is 1. The van der Waals surface area contributed by atoms with Gasteiger partial charge in [0.05, 0.1) is 19.8 Å². The number of nitrogens with zero attached hydrogens (tertiary/aromatic N) is 5. The zero-order valence-electron chi connectivity index (χ0n) is 20.8. The van der Waals surface area contributed by atoms with E-state index in [2.05, 4.69) is 137 Å². The highest BCUT2D eigenvalue weighted by molar-refractivity contribution is 6.67. The van der Waals surface area contributed by atoms with Crippen LogP contribution in [0.2, 0.25) is 6.82 Å². The van der Waals surface area contributed by atoms with Crippen molar-refractivity contribution in [2.24, 2.45) is 7.05 Å². The summed E-state index contributed by atoms with van der Waals surface area (Å²) >= 11 is 0. The van der Waals surface area contributed by atoms with E-state index in [9.17, 15) is 0 Å². The Bertz CT molecular complexity index is 1180. The predicted molar refractivity (Wildman–Crippen MR) is 143 cm³/mol. The van der Waals surface area contributed by atoms with Crippen LogP contribution in [0.25, 0.3) is 0 Å². The minimum atomic E-state index is 0.313. The van der Waals surface area contributed by atoms with Gasteiger partial charge in [0.2, 0.25) is 0 Å². The molecule has 0 bridgehead atoms. The third kappa shape index (κ3) is 4.13. The smallest absolute Gasteiger partial charge is 0.371 e.